The van der Waals surface area contributed by atoms with Crippen molar-refractivity contribution in [3.8, 4) is 17.6 Å². The Bertz CT molecular complexity index is 1040. The van der Waals surface area contributed by atoms with Gasteiger partial charge in [0, 0.05) is 43.5 Å². The topological polar surface area (TPSA) is 87.2 Å². The zero-order valence-corrected chi connectivity index (χ0v) is 22.3. The Balaban J connectivity index is 1.96. The van der Waals surface area contributed by atoms with Crippen LogP contribution in [0.4, 0.5) is 0 Å². The molecular formula is C27H40N2O5S. The van der Waals surface area contributed by atoms with Crippen LogP contribution >= 0.6 is 0 Å². The fraction of sp³-hybridized carbons (Fsp3) is 0.667. The van der Waals surface area contributed by atoms with Gasteiger partial charge in [-0.3, -0.25) is 4.79 Å². The maximum atomic E-state index is 13.6. The Morgan fingerprint density at radius 2 is 2.00 bits per heavy atom. The van der Waals surface area contributed by atoms with Crippen molar-refractivity contribution in [2.24, 2.45) is 11.8 Å². The van der Waals surface area contributed by atoms with Gasteiger partial charge in [-0.15, -0.1) is 0 Å². The van der Waals surface area contributed by atoms with Gasteiger partial charge in [-0.05, 0) is 44.4 Å². The summed E-state index contributed by atoms with van der Waals surface area (Å²) in [7, 11) is -2.08. The highest BCUT2D eigenvalue weighted by Crippen LogP contribution is 2.34. The number of hydrogen-bond donors (Lipinski definition) is 1. The van der Waals surface area contributed by atoms with Crippen LogP contribution in [-0.2, 0) is 14.8 Å². The van der Waals surface area contributed by atoms with Gasteiger partial charge in [0.2, 0.25) is 15.9 Å². The molecule has 1 saturated carbocycles. The molecule has 0 unspecified atom stereocenters. The van der Waals surface area contributed by atoms with Crippen molar-refractivity contribution in [3.05, 3.63) is 23.8 Å². The summed E-state index contributed by atoms with van der Waals surface area (Å²) >= 11 is 0. The zero-order valence-electron chi connectivity index (χ0n) is 21.5. The first-order valence-corrected chi connectivity index (χ1v) is 14.3. The first kappa shape index (κ1) is 27.5. The first-order chi connectivity index (χ1) is 16.7. The zero-order chi connectivity index (χ0) is 25.6. The van der Waals surface area contributed by atoms with Gasteiger partial charge in [0.15, 0.2) is 0 Å². The molecule has 1 amide bonds. The molecule has 1 aliphatic heterocycles. The number of unbranched alkanes of at least 4 members (excludes halogenated alkanes) is 1. The smallest absolute Gasteiger partial charge is 0.247 e. The predicted molar refractivity (Wildman–Crippen MR) is 136 cm³/mol. The van der Waals surface area contributed by atoms with Crippen molar-refractivity contribution in [2.45, 2.75) is 82.8 Å². The molecule has 0 bridgehead atoms. The van der Waals surface area contributed by atoms with Gasteiger partial charge in [0.05, 0.1) is 13.2 Å². The number of aliphatic hydroxyl groups is 1. The average molecular weight is 505 g/mol. The number of carbonyl (C=O) groups excluding carboxylic acids is 1. The molecule has 1 heterocycles. The minimum absolute atomic E-state index is 0.0524. The Hall–Kier alpha value is -2.08. The molecule has 35 heavy (non-hydrogen) atoms. The molecule has 8 heteroatoms. The van der Waals surface area contributed by atoms with E-state index in [2.05, 4.69) is 18.8 Å². The van der Waals surface area contributed by atoms with Crippen LogP contribution in [0.3, 0.4) is 0 Å². The largest absolute Gasteiger partial charge is 0.487 e. The SMILES string of the molecule is CCCC#Cc1ccc2c(c1)O[C@@H](CN(C)C(=O)C1CCCCC1)[C@H](C)CN([C@H](C)CO)S2(=O)=O. The second kappa shape index (κ2) is 12.2. The van der Waals surface area contributed by atoms with Gasteiger partial charge in [-0.2, -0.15) is 4.31 Å². The number of likely N-dealkylation sites (N-methyl/N-ethyl adjacent to an activating group) is 1. The molecule has 1 N–H and O–H groups in total. The summed E-state index contributed by atoms with van der Waals surface area (Å²) in [4.78, 5) is 14.9. The number of benzene rings is 1. The molecular weight excluding hydrogens is 464 g/mol. The maximum Gasteiger partial charge on any atom is 0.247 e. The van der Waals surface area contributed by atoms with Crippen molar-refractivity contribution in [1.29, 1.82) is 0 Å². The standard InChI is InChI=1S/C27H40N2O5S/c1-5-6-8-11-22-14-15-26-24(16-22)34-25(18-28(4)27(31)23-12-9-7-10-13-23)20(2)17-29(21(3)19-30)35(26,32)33/h14-16,20-21,23,25,30H,5-7,9-10,12-13,17-19H2,1-4H3/t20-,21-,25+/m1/s1. The van der Waals surface area contributed by atoms with Crippen molar-refractivity contribution in [2.75, 3.05) is 26.7 Å². The molecule has 1 aromatic rings. The van der Waals surface area contributed by atoms with E-state index in [1.165, 1.54) is 10.7 Å². The maximum absolute atomic E-state index is 13.6. The second-order valence-electron chi connectivity index (χ2n) is 10.0. The normalized spacial score (nSPS) is 23.6. The Kier molecular flexibility index (Phi) is 9.62. The fourth-order valence-electron chi connectivity index (χ4n) is 4.83. The van der Waals surface area contributed by atoms with E-state index in [-0.39, 0.29) is 41.5 Å². The Morgan fingerprint density at radius 1 is 1.29 bits per heavy atom. The molecule has 0 saturated heterocycles. The van der Waals surface area contributed by atoms with Crippen molar-refractivity contribution in [3.63, 3.8) is 0 Å². The Morgan fingerprint density at radius 3 is 2.66 bits per heavy atom. The summed E-state index contributed by atoms with van der Waals surface area (Å²) in [5, 5.41) is 9.80. The third-order valence-corrected chi connectivity index (χ3v) is 9.08. The highest BCUT2D eigenvalue weighted by atomic mass is 32.2. The molecule has 2 aliphatic rings. The van der Waals surface area contributed by atoms with Crippen LogP contribution in [0.1, 0.15) is 71.3 Å². The molecule has 0 aromatic heterocycles. The van der Waals surface area contributed by atoms with E-state index in [9.17, 15) is 18.3 Å². The summed E-state index contributed by atoms with van der Waals surface area (Å²) in [6, 6.07) is 4.34. The number of carbonyl (C=O) groups is 1. The Labute approximate surface area is 210 Å². The lowest BCUT2D eigenvalue weighted by atomic mass is 9.88. The van der Waals surface area contributed by atoms with Crippen LogP contribution < -0.4 is 4.74 Å². The van der Waals surface area contributed by atoms with Crippen molar-refractivity contribution in [1.82, 2.24) is 9.21 Å². The number of ether oxygens (including phenoxy) is 1. The van der Waals surface area contributed by atoms with Gasteiger partial charge >= 0.3 is 0 Å². The third-order valence-electron chi connectivity index (χ3n) is 7.06. The molecule has 3 atom stereocenters. The predicted octanol–water partition coefficient (Wildman–Crippen LogP) is 3.65. The van der Waals surface area contributed by atoms with E-state index in [0.29, 0.717) is 12.1 Å². The number of rotatable bonds is 6. The summed E-state index contributed by atoms with van der Waals surface area (Å²) < 4.78 is 34.9. The number of hydrogen-bond acceptors (Lipinski definition) is 5. The van der Waals surface area contributed by atoms with Gasteiger partial charge < -0.3 is 14.7 Å². The summed E-state index contributed by atoms with van der Waals surface area (Å²) in [6.07, 6.45) is 6.49. The molecule has 0 spiro atoms. The number of aliphatic hydroxyl groups excluding tert-OH is 1. The fourth-order valence-corrected chi connectivity index (χ4v) is 6.66. The van der Waals surface area contributed by atoms with E-state index in [4.69, 9.17) is 4.74 Å². The van der Waals surface area contributed by atoms with Crippen LogP contribution in [0.2, 0.25) is 0 Å². The molecule has 0 radical (unpaired) electrons. The molecule has 3 rings (SSSR count). The monoisotopic (exact) mass is 504 g/mol. The lowest BCUT2D eigenvalue weighted by Crippen LogP contribution is -2.50. The summed E-state index contributed by atoms with van der Waals surface area (Å²) in [5.74, 6) is 6.41. The molecule has 1 aromatic carbocycles. The van der Waals surface area contributed by atoms with Crippen LogP contribution in [0, 0.1) is 23.7 Å². The number of fused-ring (bicyclic) bond motifs is 1. The highest BCUT2D eigenvalue weighted by Gasteiger charge is 2.38. The van der Waals surface area contributed by atoms with Gasteiger partial charge in [-0.25, -0.2) is 8.42 Å². The van der Waals surface area contributed by atoms with E-state index in [1.54, 1.807) is 30.0 Å². The molecule has 1 aliphatic carbocycles. The van der Waals surface area contributed by atoms with Crippen molar-refractivity contribution < 1.29 is 23.1 Å². The lowest BCUT2D eigenvalue weighted by molar-refractivity contribution is -0.136. The lowest BCUT2D eigenvalue weighted by Gasteiger charge is -2.38. The van der Waals surface area contributed by atoms with E-state index >= 15 is 0 Å². The van der Waals surface area contributed by atoms with Gasteiger partial charge in [-0.1, -0.05) is 45.0 Å². The van der Waals surface area contributed by atoms with Crippen molar-refractivity contribution >= 4 is 15.9 Å². The van der Waals surface area contributed by atoms with Gasteiger partial charge in [0.1, 0.15) is 16.7 Å². The van der Waals surface area contributed by atoms with Crippen LogP contribution in [0.5, 0.6) is 5.75 Å². The molecule has 1 fully saturated rings. The highest BCUT2D eigenvalue weighted by molar-refractivity contribution is 7.89. The van der Waals surface area contributed by atoms with Crippen LogP contribution in [0.15, 0.2) is 23.1 Å². The summed E-state index contributed by atoms with van der Waals surface area (Å²) in [5.41, 5.74) is 0.688. The minimum atomic E-state index is -3.89. The number of sulfonamides is 1. The van der Waals surface area contributed by atoms with E-state index < -0.39 is 22.2 Å². The summed E-state index contributed by atoms with van der Waals surface area (Å²) in [6.45, 7) is 5.96. The second-order valence-corrected chi connectivity index (χ2v) is 11.9. The van der Waals surface area contributed by atoms with Crippen LogP contribution in [0.25, 0.3) is 0 Å². The molecule has 7 nitrogen and oxygen atoms in total. The van der Waals surface area contributed by atoms with E-state index in [1.807, 2.05) is 14.0 Å². The van der Waals surface area contributed by atoms with Crippen LogP contribution in [-0.4, -0.2) is 67.5 Å². The number of amides is 1. The first-order valence-electron chi connectivity index (χ1n) is 12.9. The quantitative estimate of drug-likeness (QED) is 0.598. The molecule has 194 valence electrons. The van der Waals surface area contributed by atoms with E-state index in [0.717, 1.165) is 38.5 Å². The average Bonchev–Trinajstić information content (AvgIpc) is 2.85. The van der Waals surface area contributed by atoms with Gasteiger partial charge in [0.25, 0.3) is 0 Å². The third kappa shape index (κ3) is 6.58. The minimum Gasteiger partial charge on any atom is -0.487 e. The number of nitrogens with zero attached hydrogens (tertiary/aromatic N) is 2.